The average Bonchev–Trinajstić information content (AvgIpc) is 3.26. The number of anilines is 1. The zero-order valence-corrected chi connectivity index (χ0v) is 15.7. The fourth-order valence-electron chi connectivity index (χ4n) is 2.94. The first-order valence-electron chi connectivity index (χ1n) is 9.04. The van der Waals surface area contributed by atoms with E-state index >= 15 is 0 Å². The second-order valence-corrected chi connectivity index (χ2v) is 6.74. The van der Waals surface area contributed by atoms with E-state index in [4.69, 9.17) is 4.74 Å². The third-order valence-electron chi connectivity index (χ3n) is 4.36. The Morgan fingerprint density at radius 2 is 2.00 bits per heavy atom. The molecule has 27 heavy (non-hydrogen) atoms. The molecule has 1 aromatic carbocycles. The first-order valence-corrected chi connectivity index (χ1v) is 9.04. The lowest BCUT2D eigenvalue weighted by Gasteiger charge is -2.15. The minimum atomic E-state index is -0.879. The van der Waals surface area contributed by atoms with Gasteiger partial charge in [-0.2, -0.15) is 5.10 Å². The Kier molecular flexibility index (Phi) is 5.59. The highest BCUT2D eigenvalue weighted by Gasteiger charge is 2.20. The molecule has 0 aliphatic heterocycles. The number of aromatic nitrogens is 3. The van der Waals surface area contributed by atoms with Crippen LogP contribution in [-0.4, -0.2) is 32.7 Å². The highest BCUT2D eigenvalue weighted by molar-refractivity contribution is 5.94. The number of aryl methyl sites for hydroxylation is 1. The van der Waals surface area contributed by atoms with Crippen LogP contribution in [-0.2, 0) is 20.7 Å². The van der Waals surface area contributed by atoms with Crippen LogP contribution in [0.3, 0.4) is 0 Å². The summed E-state index contributed by atoms with van der Waals surface area (Å²) in [6.45, 7) is 5.50. The van der Waals surface area contributed by atoms with Crippen molar-refractivity contribution in [2.24, 2.45) is 0 Å². The van der Waals surface area contributed by atoms with Crippen molar-refractivity contribution in [1.29, 1.82) is 0 Å². The van der Waals surface area contributed by atoms with Gasteiger partial charge in [-0.15, -0.1) is 0 Å². The van der Waals surface area contributed by atoms with E-state index in [9.17, 15) is 9.59 Å². The van der Waals surface area contributed by atoms with Gasteiger partial charge in [0.25, 0.3) is 5.91 Å². The average molecular weight is 368 g/mol. The van der Waals surface area contributed by atoms with Gasteiger partial charge in [-0.25, -0.2) is 4.68 Å². The van der Waals surface area contributed by atoms with Crippen molar-refractivity contribution in [3.8, 4) is 0 Å². The second-order valence-electron chi connectivity index (χ2n) is 6.74. The number of nitrogens with one attached hydrogen (secondary N) is 2. The Morgan fingerprint density at radius 3 is 2.78 bits per heavy atom. The van der Waals surface area contributed by atoms with Gasteiger partial charge >= 0.3 is 5.97 Å². The standard InChI is InChI=1S/C20H24N4O3/c1-13(2)24-18(10-11-22-24)23-20(26)14(3)27-19(25)9-8-15-12-21-17-7-5-4-6-16(15)17/h4-7,10-14,21H,8-9H2,1-3H3,(H,23,26). The number of hydrogen-bond acceptors (Lipinski definition) is 4. The summed E-state index contributed by atoms with van der Waals surface area (Å²) in [7, 11) is 0. The molecule has 0 saturated heterocycles. The normalized spacial score (nSPS) is 12.3. The molecular formula is C20H24N4O3. The monoisotopic (exact) mass is 368 g/mol. The lowest BCUT2D eigenvalue weighted by atomic mass is 10.1. The molecule has 3 aromatic rings. The predicted octanol–water partition coefficient (Wildman–Crippen LogP) is 3.45. The van der Waals surface area contributed by atoms with Gasteiger partial charge < -0.3 is 15.0 Å². The quantitative estimate of drug-likeness (QED) is 0.625. The summed E-state index contributed by atoms with van der Waals surface area (Å²) in [6, 6.07) is 9.76. The number of fused-ring (bicyclic) bond motifs is 1. The van der Waals surface area contributed by atoms with Gasteiger partial charge in [0.05, 0.1) is 6.20 Å². The van der Waals surface area contributed by atoms with E-state index in [1.165, 1.54) is 0 Å². The number of amides is 1. The van der Waals surface area contributed by atoms with Crippen molar-refractivity contribution < 1.29 is 14.3 Å². The number of nitrogens with zero attached hydrogens (tertiary/aromatic N) is 2. The van der Waals surface area contributed by atoms with Crippen molar-refractivity contribution in [3.05, 3.63) is 48.3 Å². The number of rotatable bonds is 7. The Hall–Kier alpha value is -3.09. The summed E-state index contributed by atoms with van der Waals surface area (Å²) in [5.74, 6) is -0.199. The summed E-state index contributed by atoms with van der Waals surface area (Å²) in [5.41, 5.74) is 2.09. The maximum Gasteiger partial charge on any atom is 0.306 e. The highest BCUT2D eigenvalue weighted by atomic mass is 16.5. The SMILES string of the molecule is CC(OC(=O)CCc1c[nH]c2ccccc12)C(=O)Nc1ccnn1C(C)C. The fraction of sp³-hybridized carbons (Fsp3) is 0.350. The Bertz CT molecular complexity index is 942. The van der Waals surface area contributed by atoms with Gasteiger partial charge in [0.15, 0.2) is 6.10 Å². The summed E-state index contributed by atoms with van der Waals surface area (Å²) < 4.78 is 6.98. The van der Waals surface area contributed by atoms with Crippen molar-refractivity contribution >= 4 is 28.6 Å². The minimum Gasteiger partial charge on any atom is -0.453 e. The zero-order chi connectivity index (χ0) is 19.4. The van der Waals surface area contributed by atoms with E-state index in [2.05, 4.69) is 15.4 Å². The molecule has 0 saturated carbocycles. The van der Waals surface area contributed by atoms with Crippen LogP contribution in [0.25, 0.3) is 10.9 Å². The predicted molar refractivity (Wildman–Crippen MR) is 103 cm³/mol. The van der Waals surface area contributed by atoms with Gasteiger partial charge in [-0.3, -0.25) is 9.59 Å². The topological polar surface area (TPSA) is 89.0 Å². The van der Waals surface area contributed by atoms with Gasteiger partial charge in [0, 0.05) is 35.6 Å². The van der Waals surface area contributed by atoms with Crippen LogP contribution < -0.4 is 5.32 Å². The van der Waals surface area contributed by atoms with Crippen LogP contribution in [0.1, 0.15) is 38.8 Å². The first kappa shape index (κ1) is 18.7. The highest BCUT2D eigenvalue weighted by Crippen LogP contribution is 2.19. The molecule has 0 spiro atoms. The Balaban J connectivity index is 1.52. The minimum absolute atomic E-state index is 0.115. The van der Waals surface area contributed by atoms with Crippen LogP contribution in [0.2, 0.25) is 0 Å². The van der Waals surface area contributed by atoms with Crippen LogP contribution in [0, 0.1) is 0 Å². The van der Waals surface area contributed by atoms with Gasteiger partial charge in [0.2, 0.25) is 0 Å². The number of benzene rings is 1. The molecule has 142 valence electrons. The number of ether oxygens (including phenoxy) is 1. The second kappa shape index (κ2) is 8.07. The number of para-hydroxylation sites is 1. The molecule has 0 fully saturated rings. The molecule has 0 radical (unpaired) electrons. The Labute approximate surface area is 157 Å². The molecule has 1 amide bonds. The zero-order valence-electron chi connectivity index (χ0n) is 15.7. The summed E-state index contributed by atoms with van der Waals surface area (Å²) in [4.78, 5) is 27.6. The maximum absolute atomic E-state index is 12.3. The summed E-state index contributed by atoms with van der Waals surface area (Å²) in [6.07, 6.45) is 3.41. The number of H-pyrrole nitrogens is 1. The number of hydrogen-bond donors (Lipinski definition) is 2. The third kappa shape index (κ3) is 4.36. The molecular weight excluding hydrogens is 344 g/mol. The number of aromatic amines is 1. The van der Waals surface area contributed by atoms with E-state index in [1.54, 1.807) is 23.9 Å². The van der Waals surface area contributed by atoms with Crippen LogP contribution in [0.5, 0.6) is 0 Å². The lowest BCUT2D eigenvalue weighted by molar-refractivity contribution is -0.153. The Morgan fingerprint density at radius 1 is 1.22 bits per heavy atom. The molecule has 0 bridgehead atoms. The van der Waals surface area contributed by atoms with E-state index in [-0.39, 0.29) is 18.4 Å². The molecule has 2 aromatic heterocycles. The smallest absolute Gasteiger partial charge is 0.306 e. The molecule has 2 heterocycles. The molecule has 0 aliphatic carbocycles. The molecule has 7 heteroatoms. The van der Waals surface area contributed by atoms with Crippen LogP contribution >= 0.6 is 0 Å². The van der Waals surface area contributed by atoms with Crippen LogP contribution in [0.15, 0.2) is 42.7 Å². The van der Waals surface area contributed by atoms with Gasteiger partial charge in [-0.1, -0.05) is 18.2 Å². The molecule has 0 aliphatic rings. The lowest BCUT2D eigenvalue weighted by Crippen LogP contribution is -2.31. The summed E-state index contributed by atoms with van der Waals surface area (Å²) >= 11 is 0. The number of carbonyl (C=O) groups is 2. The van der Waals surface area contributed by atoms with Crippen LogP contribution in [0.4, 0.5) is 5.82 Å². The van der Waals surface area contributed by atoms with E-state index in [1.807, 2.05) is 44.3 Å². The molecule has 2 N–H and O–H groups in total. The van der Waals surface area contributed by atoms with Crippen molar-refractivity contribution in [2.75, 3.05) is 5.32 Å². The van der Waals surface area contributed by atoms with Gasteiger partial charge in [-0.05, 0) is 38.8 Å². The molecule has 1 atom stereocenters. The van der Waals surface area contributed by atoms with E-state index in [0.717, 1.165) is 16.5 Å². The van der Waals surface area contributed by atoms with Crippen molar-refractivity contribution in [2.45, 2.75) is 45.8 Å². The van der Waals surface area contributed by atoms with E-state index < -0.39 is 12.1 Å². The number of esters is 1. The van der Waals surface area contributed by atoms with Crippen molar-refractivity contribution in [1.82, 2.24) is 14.8 Å². The molecule has 1 unspecified atom stereocenters. The maximum atomic E-state index is 12.3. The molecule has 3 rings (SSSR count). The third-order valence-corrected chi connectivity index (χ3v) is 4.36. The van der Waals surface area contributed by atoms with Gasteiger partial charge in [0.1, 0.15) is 5.82 Å². The number of carbonyl (C=O) groups excluding carboxylic acids is 2. The first-order chi connectivity index (χ1) is 13.0. The van der Waals surface area contributed by atoms with Crippen molar-refractivity contribution in [3.63, 3.8) is 0 Å². The molecule has 7 nitrogen and oxygen atoms in total. The van der Waals surface area contributed by atoms with E-state index in [0.29, 0.717) is 12.2 Å². The largest absolute Gasteiger partial charge is 0.453 e. The summed E-state index contributed by atoms with van der Waals surface area (Å²) in [5, 5.41) is 8.01. The fourth-order valence-corrected chi connectivity index (χ4v) is 2.94.